The van der Waals surface area contributed by atoms with Crippen molar-refractivity contribution in [3.63, 3.8) is 0 Å². The SMILES string of the molecule is O=C(O)CCCN1C(=O)[C@@H]2[C@H]3C[C@@H]([C@H]4Sc5[nH]c(=O)sc5[C@@H](c5ccccc5)[C@@H]34)[C@H]2C1=O. The molecule has 2 saturated carbocycles. The Morgan fingerprint density at radius 3 is 2.53 bits per heavy atom. The first-order chi connectivity index (χ1) is 15.5. The maximum absolute atomic E-state index is 13.3. The number of thioether (sulfide) groups is 1. The number of aliphatic carboxylic acids is 1. The smallest absolute Gasteiger partial charge is 0.305 e. The first kappa shape index (κ1) is 20.2. The minimum Gasteiger partial charge on any atom is -0.481 e. The molecule has 4 aliphatic rings. The number of aromatic amines is 1. The molecule has 0 radical (unpaired) electrons. The number of nitrogens with zero attached hydrogens (tertiary/aromatic N) is 1. The fourth-order valence-electron chi connectivity index (χ4n) is 6.72. The highest BCUT2D eigenvalue weighted by Gasteiger charge is 2.69. The van der Waals surface area contributed by atoms with E-state index < -0.39 is 5.97 Å². The molecule has 0 unspecified atom stereocenters. The second kappa shape index (κ2) is 7.31. The number of likely N-dealkylation sites (tertiary alicyclic amines) is 1. The number of carbonyl (C=O) groups is 3. The third-order valence-electron chi connectivity index (χ3n) is 7.75. The predicted octanol–water partition coefficient (Wildman–Crippen LogP) is 2.77. The highest BCUT2D eigenvalue weighted by atomic mass is 32.2. The van der Waals surface area contributed by atoms with E-state index in [0.717, 1.165) is 21.9 Å². The number of H-pyrrole nitrogens is 1. The van der Waals surface area contributed by atoms with Gasteiger partial charge in [0.2, 0.25) is 11.8 Å². The third-order valence-corrected chi connectivity index (χ3v) is 10.3. The number of imide groups is 1. The molecule has 3 fully saturated rings. The van der Waals surface area contributed by atoms with E-state index in [1.807, 2.05) is 18.2 Å². The summed E-state index contributed by atoms with van der Waals surface area (Å²) in [6.07, 6.45) is 1.10. The Morgan fingerprint density at radius 1 is 1.09 bits per heavy atom. The summed E-state index contributed by atoms with van der Waals surface area (Å²) >= 11 is 2.94. The van der Waals surface area contributed by atoms with Crippen LogP contribution in [0.3, 0.4) is 0 Å². The zero-order chi connectivity index (χ0) is 22.1. The van der Waals surface area contributed by atoms with Crippen molar-refractivity contribution in [2.45, 2.75) is 35.5 Å². The summed E-state index contributed by atoms with van der Waals surface area (Å²) in [5.74, 6) is -1.36. The van der Waals surface area contributed by atoms with Gasteiger partial charge in [-0.1, -0.05) is 41.7 Å². The summed E-state index contributed by atoms with van der Waals surface area (Å²) in [5.41, 5.74) is 1.15. The number of carboxylic acids is 1. The Labute approximate surface area is 192 Å². The topological polar surface area (TPSA) is 108 Å². The maximum Gasteiger partial charge on any atom is 0.305 e. The molecule has 0 spiro atoms. The zero-order valence-electron chi connectivity index (χ0n) is 17.1. The van der Waals surface area contributed by atoms with E-state index in [-0.39, 0.29) is 76.8 Å². The van der Waals surface area contributed by atoms with Crippen LogP contribution in [0.2, 0.25) is 0 Å². The molecule has 7 atom stereocenters. The van der Waals surface area contributed by atoms with Gasteiger partial charge >= 0.3 is 10.8 Å². The summed E-state index contributed by atoms with van der Waals surface area (Å²) in [7, 11) is 0. The number of carbonyl (C=O) groups excluding carboxylic acids is 2. The minimum absolute atomic E-state index is 0.0429. The number of nitrogens with one attached hydrogen (secondary N) is 1. The Balaban J connectivity index is 1.37. The number of amides is 2. The number of benzene rings is 1. The van der Waals surface area contributed by atoms with E-state index in [1.54, 1.807) is 11.8 Å². The molecular formula is C23H22N2O5S2. The van der Waals surface area contributed by atoms with E-state index >= 15 is 0 Å². The Kier molecular flexibility index (Phi) is 4.62. The van der Waals surface area contributed by atoms with Gasteiger partial charge in [-0.25, -0.2) is 0 Å². The molecule has 32 heavy (non-hydrogen) atoms. The monoisotopic (exact) mass is 470 g/mol. The van der Waals surface area contributed by atoms with Crippen LogP contribution in [0.1, 0.15) is 35.6 Å². The van der Waals surface area contributed by atoms with Crippen LogP contribution in [0, 0.1) is 29.6 Å². The summed E-state index contributed by atoms with van der Waals surface area (Å²) in [4.78, 5) is 55.0. The molecule has 166 valence electrons. The molecule has 3 heterocycles. The van der Waals surface area contributed by atoms with Gasteiger partial charge in [-0.3, -0.25) is 24.1 Å². The van der Waals surface area contributed by atoms with Crippen molar-refractivity contribution in [2.75, 3.05) is 6.54 Å². The molecule has 2 bridgehead atoms. The quantitative estimate of drug-likeness (QED) is 0.651. The van der Waals surface area contributed by atoms with Crippen molar-refractivity contribution in [2.24, 2.45) is 29.6 Å². The molecule has 2 aliphatic carbocycles. The first-order valence-corrected chi connectivity index (χ1v) is 12.7. The summed E-state index contributed by atoms with van der Waals surface area (Å²) in [5, 5.41) is 10.0. The zero-order valence-corrected chi connectivity index (χ0v) is 18.7. The summed E-state index contributed by atoms with van der Waals surface area (Å²) in [6.45, 7) is 0.182. The molecule has 2 N–H and O–H groups in total. The highest BCUT2D eigenvalue weighted by Crippen LogP contribution is 2.68. The lowest BCUT2D eigenvalue weighted by atomic mass is 9.68. The lowest BCUT2D eigenvalue weighted by Gasteiger charge is -2.43. The fraction of sp³-hybridized carbons (Fsp3) is 0.478. The number of hydrogen-bond acceptors (Lipinski definition) is 6. The molecule has 2 amide bonds. The highest BCUT2D eigenvalue weighted by molar-refractivity contribution is 8.00. The lowest BCUT2D eigenvalue weighted by molar-refractivity contribution is -0.142. The van der Waals surface area contributed by atoms with Gasteiger partial charge in [0.25, 0.3) is 0 Å². The van der Waals surface area contributed by atoms with Crippen LogP contribution in [0.5, 0.6) is 0 Å². The predicted molar refractivity (Wildman–Crippen MR) is 119 cm³/mol. The van der Waals surface area contributed by atoms with Gasteiger partial charge in [-0.05, 0) is 36.2 Å². The van der Waals surface area contributed by atoms with Crippen molar-refractivity contribution in [3.8, 4) is 0 Å². The molecule has 9 heteroatoms. The van der Waals surface area contributed by atoms with Gasteiger partial charge in [0.05, 0.1) is 16.9 Å². The van der Waals surface area contributed by atoms with Crippen LogP contribution >= 0.6 is 23.1 Å². The van der Waals surface area contributed by atoms with E-state index in [4.69, 9.17) is 5.11 Å². The Bertz CT molecular complexity index is 1170. The van der Waals surface area contributed by atoms with E-state index in [1.165, 1.54) is 16.2 Å². The number of carboxylic acid groups (broad SMARTS) is 1. The Hall–Kier alpha value is -2.39. The first-order valence-electron chi connectivity index (χ1n) is 11.0. The van der Waals surface area contributed by atoms with E-state index in [0.29, 0.717) is 0 Å². The van der Waals surface area contributed by atoms with Crippen LogP contribution in [0.15, 0.2) is 40.2 Å². The van der Waals surface area contributed by atoms with Gasteiger partial charge in [0, 0.05) is 29.0 Å². The van der Waals surface area contributed by atoms with Crippen LogP contribution in [-0.4, -0.2) is 44.6 Å². The molecule has 2 aromatic rings. The number of rotatable bonds is 5. The molecule has 2 aliphatic heterocycles. The van der Waals surface area contributed by atoms with Crippen LogP contribution in [0.4, 0.5) is 0 Å². The summed E-state index contributed by atoms with van der Waals surface area (Å²) in [6, 6.07) is 10.2. The maximum atomic E-state index is 13.3. The normalized spacial score (nSPS) is 34.5. The second-order valence-corrected chi connectivity index (χ2v) is 11.4. The summed E-state index contributed by atoms with van der Waals surface area (Å²) < 4.78 is 0. The van der Waals surface area contributed by atoms with Gasteiger partial charge in [-0.2, -0.15) is 0 Å². The van der Waals surface area contributed by atoms with Crippen LogP contribution in [0.25, 0.3) is 0 Å². The van der Waals surface area contributed by atoms with Crippen molar-refractivity contribution in [3.05, 3.63) is 50.4 Å². The average molecular weight is 471 g/mol. The van der Waals surface area contributed by atoms with E-state index in [2.05, 4.69) is 17.1 Å². The molecule has 7 nitrogen and oxygen atoms in total. The number of aromatic nitrogens is 1. The lowest BCUT2D eigenvalue weighted by Crippen LogP contribution is -2.42. The van der Waals surface area contributed by atoms with Gasteiger partial charge in [0.1, 0.15) is 0 Å². The number of fused-ring (bicyclic) bond motifs is 9. The second-order valence-electron chi connectivity index (χ2n) is 9.20. The number of thiazole rings is 1. The van der Waals surface area contributed by atoms with Crippen molar-refractivity contribution >= 4 is 40.9 Å². The minimum atomic E-state index is -0.919. The standard InChI is InChI=1S/C23H22N2O5S2/c26-13(27)7-4-8-25-21(28)16-11-9-12(17(16)22(25)29)18-15(11)14(10-5-2-1-3-6-10)19-20(31-18)24-23(30)32-19/h1-3,5-6,11-12,14-18H,4,7-9H2,(H,24,30)(H,26,27)/t11-,12+,14-,15+,16+,17+,18+/m0/s1. The third kappa shape index (κ3) is 2.80. The van der Waals surface area contributed by atoms with Crippen molar-refractivity contribution in [1.82, 2.24) is 9.88 Å². The van der Waals surface area contributed by atoms with Gasteiger partial charge in [-0.15, -0.1) is 11.8 Å². The average Bonchev–Trinajstić information content (AvgIpc) is 3.49. The van der Waals surface area contributed by atoms with Crippen molar-refractivity contribution in [1.29, 1.82) is 0 Å². The molecule has 6 rings (SSSR count). The van der Waals surface area contributed by atoms with E-state index in [9.17, 15) is 19.2 Å². The molecule has 1 aromatic carbocycles. The molecule has 1 aromatic heterocycles. The Morgan fingerprint density at radius 2 is 1.81 bits per heavy atom. The van der Waals surface area contributed by atoms with Crippen LogP contribution < -0.4 is 4.87 Å². The van der Waals surface area contributed by atoms with Crippen LogP contribution in [-0.2, 0) is 14.4 Å². The molecule has 1 saturated heterocycles. The van der Waals surface area contributed by atoms with Gasteiger partial charge < -0.3 is 10.1 Å². The van der Waals surface area contributed by atoms with Crippen molar-refractivity contribution < 1.29 is 19.5 Å². The fourth-order valence-corrected chi connectivity index (χ4v) is 9.61. The molecular weight excluding hydrogens is 448 g/mol. The number of hydrogen-bond donors (Lipinski definition) is 2. The van der Waals surface area contributed by atoms with Gasteiger partial charge in [0.15, 0.2) is 0 Å². The largest absolute Gasteiger partial charge is 0.481 e.